The van der Waals surface area contributed by atoms with Crippen LogP contribution in [0.1, 0.15) is 6.92 Å². The number of hydrogen-bond acceptors (Lipinski definition) is 9. The quantitative estimate of drug-likeness (QED) is 0.183. The molecule has 2 heterocycles. The summed E-state index contributed by atoms with van der Waals surface area (Å²) in [6.07, 6.45) is 0. The Balaban J connectivity index is 1.48. The molecule has 8 nitrogen and oxygen atoms in total. The van der Waals surface area contributed by atoms with Crippen molar-refractivity contribution < 1.29 is 23.9 Å². The maximum absolute atomic E-state index is 13.1. The lowest BCUT2D eigenvalue weighted by Crippen LogP contribution is -2.73. The lowest BCUT2D eigenvalue weighted by Gasteiger charge is -2.49. The van der Waals surface area contributed by atoms with Crippen LogP contribution >= 0.6 is 32.9 Å². The van der Waals surface area contributed by atoms with E-state index < -0.39 is 29.3 Å². The Morgan fingerprint density at radius 2 is 1.91 bits per heavy atom. The van der Waals surface area contributed by atoms with Crippen molar-refractivity contribution in [3.05, 3.63) is 66.7 Å². The summed E-state index contributed by atoms with van der Waals surface area (Å²) in [5, 5.41) is 2.20. The van der Waals surface area contributed by atoms with Crippen molar-refractivity contribution in [3.63, 3.8) is 0 Å². The third kappa shape index (κ3) is 5.63. The van der Waals surface area contributed by atoms with Crippen molar-refractivity contribution in [2.75, 3.05) is 13.7 Å². The van der Waals surface area contributed by atoms with Gasteiger partial charge in [-0.05, 0) is 47.6 Å². The van der Waals surface area contributed by atoms with Crippen LogP contribution < -0.4 is 10.1 Å². The molecule has 4 rings (SSSR count). The van der Waals surface area contributed by atoms with Crippen molar-refractivity contribution >= 4 is 60.9 Å². The number of fused-ring (bicyclic) bond motifs is 1. The van der Waals surface area contributed by atoms with Crippen LogP contribution in [0.15, 0.2) is 71.1 Å². The molecule has 0 spiro atoms. The number of amides is 2. The van der Waals surface area contributed by atoms with Gasteiger partial charge in [-0.2, -0.15) is 0 Å². The monoisotopic (exact) mass is 529 g/mol. The molecule has 2 aromatic carbocycles. The lowest BCUT2D eigenvalue weighted by atomic mass is 9.99. The summed E-state index contributed by atoms with van der Waals surface area (Å²) in [6, 6.07) is 14.9. The summed E-state index contributed by atoms with van der Waals surface area (Å²) < 4.78 is 12.3. The summed E-state index contributed by atoms with van der Waals surface area (Å²) in [5.41, 5.74) is 1.36. The van der Waals surface area contributed by atoms with E-state index in [1.165, 1.54) is 44.9 Å². The average molecular weight is 530 g/mol. The first-order valence-corrected chi connectivity index (χ1v) is 13.6. The molecule has 0 radical (unpaired) electrons. The molecular weight excluding hydrogens is 506 g/mol. The number of esters is 1. The number of hydrogen-bond donors (Lipinski definition) is 1. The van der Waals surface area contributed by atoms with Crippen molar-refractivity contribution in [2.45, 2.75) is 28.7 Å². The number of thiazole rings is 1. The molecule has 1 aliphatic heterocycles. The first-order chi connectivity index (χ1) is 16.9. The molecule has 1 aromatic heterocycles. The van der Waals surface area contributed by atoms with Gasteiger partial charge in [0.2, 0.25) is 5.91 Å². The number of carbonyl (C=O) groups is 3. The zero-order valence-corrected chi connectivity index (χ0v) is 21.5. The summed E-state index contributed by atoms with van der Waals surface area (Å²) in [4.78, 5) is 44.1. The molecule has 1 unspecified atom stereocenters. The number of benzene rings is 2. The van der Waals surface area contributed by atoms with Gasteiger partial charge in [-0.3, -0.25) is 9.59 Å². The Kier molecular flexibility index (Phi) is 7.99. The SMILES string of the molecule is C=C(C)C(C(=O)OC)N1C(=O)[C@@H](NC(=O)COc2ccccc2)[C@H]1SSc1nc2ccccc2s1. The van der Waals surface area contributed by atoms with Crippen LogP contribution in [0.4, 0.5) is 0 Å². The fraction of sp³-hybridized carbons (Fsp3) is 0.250. The highest BCUT2D eigenvalue weighted by atomic mass is 33.1. The molecule has 3 aromatic rings. The third-order valence-electron chi connectivity index (χ3n) is 5.17. The lowest BCUT2D eigenvalue weighted by molar-refractivity contribution is -0.161. The highest BCUT2D eigenvalue weighted by molar-refractivity contribution is 8.77. The van der Waals surface area contributed by atoms with Crippen LogP contribution in [-0.2, 0) is 19.1 Å². The second-order valence-electron chi connectivity index (χ2n) is 7.68. The third-order valence-corrected chi connectivity index (χ3v) is 9.20. The van der Waals surface area contributed by atoms with Crippen molar-refractivity contribution in [1.29, 1.82) is 0 Å². The van der Waals surface area contributed by atoms with Crippen LogP contribution in [-0.4, -0.2) is 58.8 Å². The number of ether oxygens (including phenoxy) is 2. The van der Waals surface area contributed by atoms with Crippen LogP contribution in [0.3, 0.4) is 0 Å². The standard InChI is InChI=1S/C24H23N3O5S3/c1-14(2)20(23(30)31-3)27-21(29)19(26-18(28)13-32-15-9-5-4-6-10-15)22(27)34-35-24-25-16-11-7-8-12-17(16)33-24/h4-12,19-20,22H,1,13H2,2-3H3,(H,26,28)/t19-,20?,22-/m1/s1. The summed E-state index contributed by atoms with van der Waals surface area (Å²) >= 11 is 1.53. The summed E-state index contributed by atoms with van der Waals surface area (Å²) in [5.74, 6) is -0.862. The van der Waals surface area contributed by atoms with E-state index in [1.54, 1.807) is 31.2 Å². The second kappa shape index (κ2) is 11.1. The molecule has 35 heavy (non-hydrogen) atoms. The topological polar surface area (TPSA) is 97.8 Å². The zero-order valence-electron chi connectivity index (χ0n) is 19.0. The van der Waals surface area contributed by atoms with E-state index in [0.29, 0.717) is 11.3 Å². The first-order valence-electron chi connectivity index (χ1n) is 10.6. The van der Waals surface area contributed by atoms with Crippen LogP contribution in [0.5, 0.6) is 5.75 Å². The van der Waals surface area contributed by atoms with Gasteiger partial charge in [-0.15, -0.1) is 11.3 Å². The van der Waals surface area contributed by atoms with E-state index in [4.69, 9.17) is 9.47 Å². The van der Waals surface area contributed by atoms with Gasteiger partial charge in [-0.25, -0.2) is 9.78 Å². The molecule has 182 valence electrons. The maximum atomic E-state index is 13.1. The van der Waals surface area contributed by atoms with Crippen molar-refractivity contribution in [3.8, 4) is 5.75 Å². The van der Waals surface area contributed by atoms with Gasteiger partial charge >= 0.3 is 5.97 Å². The number of methoxy groups -OCH3 is 1. The molecule has 0 saturated carbocycles. The maximum Gasteiger partial charge on any atom is 0.332 e. The Labute approximate surface area is 214 Å². The molecule has 3 atom stereocenters. The molecule has 11 heteroatoms. The molecule has 0 aliphatic carbocycles. The normalized spacial score (nSPS) is 18.0. The van der Waals surface area contributed by atoms with E-state index in [-0.39, 0.29) is 12.5 Å². The van der Waals surface area contributed by atoms with E-state index >= 15 is 0 Å². The summed E-state index contributed by atoms with van der Waals surface area (Å²) in [7, 11) is 4.00. The van der Waals surface area contributed by atoms with Crippen molar-refractivity contribution in [2.24, 2.45) is 0 Å². The predicted molar refractivity (Wildman–Crippen MR) is 138 cm³/mol. The Morgan fingerprint density at radius 1 is 1.20 bits per heavy atom. The van der Waals surface area contributed by atoms with Gasteiger partial charge in [0, 0.05) is 0 Å². The molecule has 2 amide bonds. The number of nitrogens with one attached hydrogen (secondary N) is 1. The van der Waals surface area contributed by atoms with Crippen LogP contribution in [0.25, 0.3) is 10.2 Å². The van der Waals surface area contributed by atoms with E-state index in [2.05, 4.69) is 16.9 Å². The number of rotatable bonds is 10. The molecule has 1 fully saturated rings. The number of nitrogens with zero attached hydrogens (tertiary/aromatic N) is 2. The number of para-hydroxylation sites is 2. The summed E-state index contributed by atoms with van der Waals surface area (Å²) in [6.45, 7) is 5.29. The van der Waals surface area contributed by atoms with Crippen molar-refractivity contribution in [1.82, 2.24) is 15.2 Å². The Hall–Kier alpha value is -3.02. The van der Waals surface area contributed by atoms with Gasteiger partial charge < -0.3 is 19.7 Å². The van der Waals surface area contributed by atoms with E-state index in [9.17, 15) is 14.4 Å². The van der Waals surface area contributed by atoms with Crippen LogP contribution in [0.2, 0.25) is 0 Å². The van der Waals surface area contributed by atoms with Gasteiger partial charge in [0.15, 0.2) is 17.0 Å². The molecule has 1 N–H and O–H groups in total. The van der Waals surface area contributed by atoms with Gasteiger partial charge in [0.25, 0.3) is 5.91 Å². The van der Waals surface area contributed by atoms with Crippen LogP contribution in [0, 0.1) is 0 Å². The van der Waals surface area contributed by atoms with Gasteiger partial charge in [0.05, 0.1) is 17.3 Å². The minimum Gasteiger partial charge on any atom is -0.484 e. The Morgan fingerprint density at radius 3 is 2.60 bits per heavy atom. The first kappa shape index (κ1) is 25.1. The number of carbonyl (C=O) groups excluding carboxylic acids is 3. The Bertz CT molecular complexity index is 1220. The molecular formula is C24H23N3O5S3. The van der Waals surface area contributed by atoms with Gasteiger partial charge in [-0.1, -0.05) is 47.7 Å². The largest absolute Gasteiger partial charge is 0.484 e. The fourth-order valence-corrected chi connectivity index (χ4v) is 7.48. The predicted octanol–water partition coefficient (Wildman–Crippen LogP) is 3.89. The number of likely N-dealkylation sites (tertiary alicyclic amines) is 1. The molecule has 1 aliphatic rings. The van der Waals surface area contributed by atoms with E-state index in [0.717, 1.165) is 14.6 Å². The van der Waals surface area contributed by atoms with Gasteiger partial charge in [0.1, 0.15) is 17.2 Å². The number of aromatic nitrogens is 1. The molecule has 0 bridgehead atoms. The second-order valence-corrected chi connectivity index (χ2v) is 11.3. The highest BCUT2D eigenvalue weighted by Gasteiger charge is 2.54. The minimum absolute atomic E-state index is 0.239. The smallest absolute Gasteiger partial charge is 0.332 e. The minimum atomic E-state index is -0.949. The van der Waals surface area contributed by atoms with E-state index in [1.807, 2.05) is 30.3 Å². The fourth-order valence-electron chi connectivity index (χ4n) is 3.52. The number of β-lactam (4-membered cyclic amide) rings is 1. The molecule has 1 saturated heterocycles. The highest BCUT2D eigenvalue weighted by Crippen LogP contribution is 2.45. The zero-order chi connectivity index (χ0) is 24.9. The average Bonchev–Trinajstić information content (AvgIpc) is 3.28.